The highest BCUT2D eigenvalue weighted by atomic mass is 19.1. The van der Waals surface area contributed by atoms with Crippen molar-refractivity contribution in [3.8, 4) is 6.07 Å². The molecule has 5 nitrogen and oxygen atoms in total. The fourth-order valence-electron chi connectivity index (χ4n) is 1.08. The summed E-state index contributed by atoms with van der Waals surface area (Å²) in [6.45, 7) is 0.0929. The Bertz CT molecular complexity index is 441. The Balaban J connectivity index is 2.75. The number of nitrogens with one attached hydrogen (secondary N) is 1. The van der Waals surface area contributed by atoms with Crippen molar-refractivity contribution in [2.24, 2.45) is 11.5 Å². The van der Waals surface area contributed by atoms with Gasteiger partial charge in [0.2, 0.25) is 5.91 Å². The number of amides is 1. The van der Waals surface area contributed by atoms with Crippen LogP contribution in [0, 0.1) is 17.1 Å². The third-order valence-electron chi connectivity index (χ3n) is 1.98. The van der Waals surface area contributed by atoms with Gasteiger partial charge < -0.3 is 16.8 Å². The second-order valence-corrected chi connectivity index (χ2v) is 3.19. The van der Waals surface area contributed by atoms with Gasteiger partial charge in [-0.1, -0.05) is 0 Å². The highest BCUT2D eigenvalue weighted by molar-refractivity contribution is 5.80. The van der Waals surface area contributed by atoms with Crippen LogP contribution in [-0.4, -0.2) is 18.5 Å². The molecular formula is C10H11FN4O. The first-order valence-electron chi connectivity index (χ1n) is 4.53. The van der Waals surface area contributed by atoms with Gasteiger partial charge in [0.1, 0.15) is 17.9 Å². The van der Waals surface area contributed by atoms with Gasteiger partial charge in [-0.3, -0.25) is 4.79 Å². The Morgan fingerprint density at radius 1 is 1.62 bits per heavy atom. The van der Waals surface area contributed by atoms with Crippen LogP contribution in [0.1, 0.15) is 5.56 Å². The molecule has 0 saturated carbocycles. The number of hydrogen-bond donors (Lipinski definition) is 3. The molecule has 0 aliphatic heterocycles. The number of carbonyl (C=O) groups is 1. The minimum atomic E-state index is -0.850. The molecule has 1 unspecified atom stereocenters. The molecule has 0 spiro atoms. The summed E-state index contributed by atoms with van der Waals surface area (Å²) in [5.74, 6) is -1.14. The smallest absolute Gasteiger partial charge is 0.236 e. The molecule has 6 heteroatoms. The molecule has 0 aliphatic carbocycles. The number of anilines is 1. The van der Waals surface area contributed by atoms with Crippen LogP contribution < -0.4 is 16.8 Å². The van der Waals surface area contributed by atoms with E-state index in [1.54, 1.807) is 0 Å². The Hall–Kier alpha value is -2.13. The Morgan fingerprint density at radius 3 is 2.88 bits per heavy atom. The molecule has 5 N–H and O–H groups in total. The van der Waals surface area contributed by atoms with Gasteiger partial charge in [-0.25, -0.2) is 4.39 Å². The normalized spacial score (nSPS) is 11.6. The summed E-state index contributed by atoms with van der Waals surface area (Å²) in [5.41, 5.74) is 10.9. The predicted octanol–water partition coefficient (Wildman–Crippen LogP) is -0.0781. The fourth-order valence-corrected chi connectivity index (χ4v) is 1.08. The number of benzene rings is 1. The van der Waals surface area contributed by atoms with Crippen molar-refractivity contribution < 1.29 is 9.18 Å². The average molecular weight is 222 g/mol. The Morgan fingerprint density at radius 2 is 2.31 bits per heavy atom. The largest absolute Gasteiger partial charge is 0.382 e. The number of rotatable bonds is 4. The van der Waals surface area contributed by atoms with E-state index in [0.29, 0.717) is 5.69 Å². The predicted molar refractivity (Wildman–Crippen MR) is 56.8 cm³/mol. The van der Waals surface area contributed by atoms with Gasteiger partial charge in [0.25, 0.3) is 0 Å². The van der Waals surface area contributed by atoms with E-state index in [0.717, 1.165) is 6.07 Å². The SMILES string of the molecule is N#Cc1cc(F)ccc1NCC(N)C(N)=O. The number of nitrogens with zero attached hydrogens (tertiary/aromatic N) is 1. The Labute approximate surface area is 91.8 Å². The van der Waals surface area contributed by atoms with Crippen molar-refractivity contribution in [3.05, 3.63) is 29.6 Å². The van der Waals surface area contributed by atoms with Gasteiger partial charge in [0, 0.05) is 6.54 Å². The molecule has 0 saturated heterocycles. The van der Waals surface area contributed by atoms with Crippen LogP contribution in [0.2, 0.25) is 0 Å². The molecule has 1 aromatic rings. The maximum Gasteiger partial charge on any atom is 0.236 e. The third-order valence-corrected chi connectivity index (χ3v) is 1.98. The van der Waals surface area contributed by atoms with E-state index in [4.69, 9.17) is 16.7 Å². The van der Waals surface area contributed by atoms with E-state index in [-0.39, 0.29) is 12.1 Å². The minimum absolute atomic E-state index is 0.0929. The lowest BCUT2D eigenvalue weighted by atomic mass is 10.2. The molecular weight excluding hydrogens is 211 g/mol. The summed E-state index contributed by atoms with van der Waals surface area (Å²) in [6, 6.07) is 4.69. The quantitative estimate of drug-likeness (QED) is 0.662. The van der Waals surface area contributed by atoms with E-state index < -0.39 is 17.8 Å². The zero-order valence-electron chi connectivity index (χ0n) is 8.40. The first-order valence-corrected chi connectivity index (χ1v) is 4.53. The molecule has 0 heterocycles. The highest BCUT2D eigenvalue weighted by Crippen LogP contribution is 2.15. The zero-order chi connectivity index (χ0) is 12.1. The lowest BCUT2D eigenvalue weighted by Gasteiger charge is -2.11. The summed E-state index contributed by atoms with van der Waals surface area (Å²) in [5, 5.41) is 11.5. The van der Waals surface area contributed by atoms with E-state index in [2.05, 4.69) is 5.32 Å². The molecule has 0 fully saturated rings. The number of carbonyl (C=O) groups excluding carboxylic acids is 1. The molecule has 84 valence electrons. The molecule has 0 aliphatic rings. The Kier molecular flexibility index (Phi) is 3.80. The number of hydrogen-bond acceptors (Lipinski definition) is 4. The van der Waals surface area contributed by atoms with Gasteiger partial charge in [0.15, 0.2) is 0 Å². The molecule has 16 heavy (non-hydrogen) atoms. The summed E-state index contributed by atoms with van der Waals surface area (Å²) in [7, 11) is 0. The molecule has 0 bridgehead atoms. The van der Waals surface area contributed by atoms with Crippen molar-refractivity contribution >= 4 is 11.6 Å². The molecule has 0 radical (unpaired) electrons. The summed E-state index contributed by atoms with van der Waals surface area (Å²) in [4.78, 5) is 10.7. The van der Waals surface area contributed by atoms with Crippen molar-refractivity contribution in [3.63, 3.8) is 0 Å². The number of halogens is 1. The van der Waals surface area contributed by atoms with Gasteiger partial charge in [-0.2, -0.15) is 5.26 Å². The van der Waals surface area contributed by atoms with Gasteiger partial charge in [-0.05, 0) is 18.2 Å². The maximum absolute atomic E-state index is 12.8. The van der Waals surface area contributed by atoms with E-state index in [1.807, 2.05) is 6.07 Å². The summed E-state index contributed by atoms with van der Waals surface area (Å²) < 4.78 is 12.8. The van der Waals surface area contributed by atoms with E-state index >= 15 is 0 Å². The first kappa shape index (κ1) is 11.9. The van der Waals surface area contributed by atoms with Crippen molar-refractivity contribution in [2.75, 3.05) is 11.9 Å². The van der Waals surface area contributed by atoms with Gasteiger partial charge in [-0.15, -0.1) is 0 Å². The van der Waals surface area contributed by atoms with Gasteiger partial charge >= 0.3 is 0 Å². The second-order valence-electron chi connectivity index (χ2n) is 3.19. The van der Waals surface area contributed by atoms with E-state index in [1.165, 1.54) is 12.1 Å². The van der Waals surface area contributed by atoms with Crippen LogP contribution in [0.4, 0.5) is 10.1 Å². The molecule has 1 aromatic carbocycles. The van der Waals surface area contributed by atoms with Crippen LogP contribution in [0.5, 0.6) is 0 Å². The highest BCUT2D eigenvalue weighted by Gasteiger charge is 2.10. The second kappa shape index (κ2) is 5.09. The maximum atomic E-state index is 12.8. The van der Waals surface area contributed by atoms with Crippen LogP contribution in [0.3, 0.4) is 0 Å². The fraction of sp³-hybridized carbons (Fsp3) is 0.200. The number of nitriles is 1. The topological polar surface area (TPSA) is 105 Å². The van der Waals surface area contributed by atoms with E-state index in [9.17, 15) is 9.18 Å². The monoisotopic (exact) mass is 222 g/mol. The lowest BCUT2D eigenvalue weighted by molar-refractivity contribution is -0.118. The van der Waals surface area contributed by atoms with Crippen LogP contribution >= 0.6 is 0 Å². The molecule has 1 rings (SSSR count). The standard InChI is InChI=1S/C10H11FN4O/c11-7-1-2-9(6(3-7)4-12)15-5-8(13)10(14)16/h1-3,8,15H,5,13H2,(H2,14,16). The van der Waals surface area contributed by atoms with Crippen LogP contribution in [0.15, 0.2) is 18.2 Å². The molecule has 1 atom stereocenters. The average Bonchev–Trinajstić information content (AvgIpc) is 2.26. The van der Waals surface area contributed by atoms with Crippen molar-refractivity contribution in [2.45, 2.75) is 6.04 Å². The third kappa shape index (κ3) is 2.93. The van der Waals surface area contributed by atoms with Crippen molar-refractivity contribution in [1.82, 2.24) is 0 Å². The van der Waals surface area contributed by atoms with Crippen LogP contribution in [-0.2, 0) is 4.79 Å². The summed E-state index contributed by atoms with van der Waals surface area (Å²) >= 11 is 0. The lowest BCUT2D eigenvalue weighted by Crippen LogP contribution is -2.41. The summed E-state index contributed by atoms with van der Waals surface area (Å²) in [6.07, 6.45) is 0. The zero-order valence-corrected chi connectivity index (χ0v) is 8.40. The molecule has 1 amide bonds. The number of primary amides is 1. The minimum Gasteiger partial charge on any atom is -0.382 e. The molecule has 0 aromatic heterocycles. The first-order chi connectivity index (χ1) is 7.54. The van der Waals surface area contributed by atoms with Gasteiger partial charge in [0.05, 0.1) is 11.3 Å². The van der Waals surface area contributed by atoms with Crippen molar-refractivity contribution in [1.29, 1.82) is 5.26 Å². The van der Waals surface area contributed by atoms with Crippen LogP contribution in [0.25, 0.3) is 0 Å². The number of nitrogens with two attached hydrogens (primary N) is 2.